The molecule has 0 radical (unpaired) electrons. The number of nitrogens with zero attached hydrogens (tertiary/aromatic N) is 2. The fourth-order valence-corrected chi connectivity index (χ4v) is 14.7. The molecular formula is C85H118BrF3LiN2O11P. The molecule has 2 aliphatic rings. The van der Waals surface area contributed by atoms with E-state index in [1.165, 1.54) is 67.2 Å². The monoisotopic (exact) mass is 1520 g/mol. The molecule has 2 aliphatic heterocycles. The van der Waals surface area contributed by atoms with Gasteiger partial charge >= 0.3 is 43.2 Å². The molecule has 19 heteroatoms. The topological polar surface area (TPSA) is 176 Å². The first-order valence-corrected chi connectivity index (χ1v) is 36.5. The summed E-state index contributed by atoms with van der Waals surface area (Å²) in [5, 5.41) is 21.8. The number of hydrogen-bond donors (Lipinski definition) is 2. The smallest absolute Gasteiger partial charge is 1.00 e. The normalized spacial score (nSPS) is 15.4. The summed E-state index contributed by atoms with van der Waals surface area (Å²) in [4.78, 5) is 38.2. The van der Waals surface area contributed by atoms with E-state index in [0.717, 1.165) is 43.1 Å². The van der Waals surface area contributed by atoms with Crippen molar-refractivity contribution in [2.75, 3.05) is 26.9 Å². The number of rotatable bonds is 17. The molecule has 0 aliphatic carbocycles. The van der Waals surface area contributed by atoms with Crippen molar-refractivity contribution in [2.45, 2.75) is 204 Å². The van der Waals surface area contributed by atoms with Gasteiger partial charge in [-0.25, -0.2) is 9.59 Å². The van der Waals surface area contributed by atoms with Crippen molar-refractivity contribution in [2.24, 2.45) is 11.8 Å². The third-order valence-corrected chi connectivity index (χ3v) is 20.8. The number of methoxy groups -OCH3 is 1. The van der Waals surface area contributed by atoms with Crippen LogP contribution in [0.25, 0.3) is 6.08 Å². The molecule has 2 amide bonds. The number of aliphatic carboxylic acids is 1. The fourth-order valence-electron chi connectivity index (χ4n) is 10.5. The first kappa shape index (κ1) is 97.4. The molecule has 2 saturated heterocycles. The molecule has 0 saturated carbocycles. The second kappa shape index (κ2) is 46.5. The Hall–Kier alpha value is -6.61. The Bertz CT molecular complexity index is 3440. The summed E-state index contributed by atoms with van der Waals surface area (Å²) in [7, 11) is -0.242. The second-order valence-electron chi connectivity index (χ2n) is 28.3. The number of benzene rings is 7. The summed E-state index contributed by atoms with van der Waals surface area (Å²) in [5.41, 5.74) is 5.31. The van der Waals surface area contributed by atoms with Gasteiger partial charge in [0.2, 0.25) is 0 Å². The molecule has 0 aromatic heterocycles. The van der Waals surface area contributed by atoms with Gasteiger partial charge in [0, 0.05) is 13.7 Å². The molecule has 13 nitrogen and oxygen atoms in total. The van der Waals surface area contributed by atoms with Crippen molar-refractivity contribution in [3.63, 3.8) is 0 Å². The van der Waals surface area contributed by atoms with Crippen LogP contribution in [0.1, 0.15) is 168 Å². The number of hydrogen-bond acceptors (Lipinski definition) is 9. The number of halogens is 4. The number of alkyl halides is 3. The first-order chi connectivity index (χ1) is 47.0. The Morgan fingerprint density at radius 1 is 0.615 bits per heavy atom. The van der Waals surface area contributed by atoms with Gasteiger partial charge in [-0.05, 0) is 192 Å². The summed E-state index contributed by atoms with van der Waals surface area (Å²) in [6.07, 6.45) is 4.88. The van der Waals surface area contributed by atoms with Crippen molar-refractivity contribution in [1.82, 2.24) is 9.80 Å². The Balaban J connectivity index is 0.00000127. The third-order valence-electron chi connectivity index (χ3n) is 16.4. The number of carbonyl (C=O) groups excluding carboxylic acids is 2. The predicted octanol–water partition coefficient (Wildman–Crippen LogP) is 13.2. The summed E-state index contributed by atoms with van der Waals surface area (Å²) < 4.78 is 64.1. The number of carboxylic acids is 1. The van der Waals surface area contributed by atoms with Crippen LogP contribution in [0.2, 0.25) is 0 Å². The van der Waals surface area contributed by atoms with Gasteiger partial charge in [-0.1, -0.05) is 203 Å². The zero-order valence-corrected chi connectivity index (χ0v) is 66.6. The zero-order valence-electron chi connectivity index (χ0n) is 64.2. The minimum absolute atomic E-state index is 0. The number of aliphatic hydroxyl groups is 1. The molecule has 4 N–H and O–H groups in total. The molecule has 7 aromatic rings. The van der Waals surface area contributed by atoms with E-state index in [2.05, 4.69) is 205 Å². The van der Waals surface area contributed by atoms with Crippen molar-refractivity contribution in [3.8, 4) is 0 Å². The van der Waals surface area contributed by atoms with Crippen LogP contribution in [0, 0.1) is 39.5 Å². The Kier molecular flexibility index (Phi) is 43.5. The van der Waals surface area contributed by atoms with Gasteiger partial charge in [0.25, 0.3) is 0 Å². The van der Waals surface area contributed by atoms with Crippen LogP contribution in [0.3, 0.4) is 0 Å². The van der Waals surface area contributed by atoms with Gasteiger partial charge < -0.3 is 63.3 Å². The molecule has 4 atom stereocenters. The number of aryl methyl sites for hydroxylation is 5. The number of unbranched alkanes of at least 4 members (excludes halogenated alkanes) is 1. The molecule has 104 heavy (non-hydrogen) atoms. The van der Waals surface area contributed by atoms with Gasteiger partial charge in [0.1, 0.15) is 45.8 Å². The minimum atomic E-state index is -4.33. The molecule has 0 bridgehead atoms. The standard InChI is InChI=1S/C26H24P.C19H27NO3.C12H13F3O2.C12H18O.C11H21NO4.C4H9.CH4.BrH.Li.H2O/c1-22-17-19-23(20-18-22)21-27(24-11-5-2-6-12-24,25-13-7-3-8-14-25)26-15-9-4-10-16-26;1-14-7-9-15(10-8-14)11-12-16-13-22-19(5,6)20(16)17(21)23-18(2,3)4;1-8(11(16)17)2-3-9-4-6-10(7-5-9)12(13,14)15;1-10-3-6-12(7-4-10)8-5-11(2)9-13;1-10(2,3)16-9(13)12-8(14-6)7-15-11(12,4)5;1-3-4-2;;;;/h2-20H,21H2,1H3;7-12,16H,13H2,1-6H3;4-8H,2-3H2,1H3,(H,16,17);3-4,6-7,11,13H,5,8-9H2,1-2H3;8H,7H2,1-6H3;1,3-4H2,2H3;1H4;1H;;1H2/q+1;;;;;-1;;;+1;/p-1/b;12-11+;;;;;;;;/t;16-;8-;11-;8-;;;;;/m.1111...../s1. The van der Waals surface area contributed by atoms with Crippen molar-refractivity contribution < 1.29 is 103 Å². The number of carboxylic acid groups (broad SMARTS) is 1. The summed E-state index contributed by atoms with van der Waals surface area (Å²) in [6.45, 7) is 35.3. The van der Waals surface area contributed by atoms with E-state index in [0.29, 0.717) is 44.1 Å². The maximum absolute atomic E-state index is 12.5. The van der Waals surface area contributed by atoms with E-state index in [-0.39, 0.29) is 67.1 Å². The number of amides is 2. The Morgan fingerprint density at radius 3 is 1.36 bits per heavy atom. The molecule has 0 spiro atoms. The first-order valence-electron chi connectivity index (χ1n) is 34.5. The van der Waals surface area contributed by atoms with Crippen molar-refractivity contribution >= 4 is 47.4 Å². The molecule has 568 valence electrons. The largest absolute Gasteiger partial charge is 1.00 e. The zero-order chi connectivity index (χ0) is 74.5. The average Bonchev–Trinajstić information content (AvgIpc) is 1.04. The quantitative estimate of drug-likeness (QED) is 0.0507. The molecular weight excluding hydrogens is 1400 g/mol. The van der Waals surface area contributed by atoms with Crippen molar-refractivity contribution in [3.05, 3.63) is 246 Å². The van der Waals surface area contributed by atoms with Gasteiger partial charge in [-0.2, -0.15) is 19.6 Å². The number of carbonyl (C=O) groups is 3. The second-order valence-corrected chi connectivity index (χ2v) is 31.8. The SMILES string of the molecule is C.CO[C@@H]1COC(C)(C)N1C(=O)OC(C)(C)C.C[C@H](CCc1ccc(C(F)(F)F)cc1)C(=O)O.Cc1ccc(/C=C/[C@@H]2COC(C)(C)N2C(=O)OC(C)(C)C)cc1.Cc1ccc(CC[C@@H](C)CO)cc1.Cc1ccc(C[P+](c2ccccc2)(c2ccccc2)c2ccccc2)cc1.O.[Br-].[CH2-]CCC.[Li+]. The van der Waals surface area contributed by atoms with Crippen LogP contribution in [0.15, 0.2) is 194 Å². The molecule has 2 heterocycles. The number of aliphatic hydroxyl groups excluding tert-OH is 1. The van der Waals surface area contributed by atoms with Crippen LogP contribution >= 0.6 is 7.26 Å². The van der Waals surface area contributed by atoms with Crippen LogP contribution in [0.4, 0.5) is 22.8 Å². The average molecular weight is 1520 g/mol. The summed E-state index contributed by atoms with van der Waals surface area (Å²) in [6, 6.07) is 63.8. The van der Waals surface area contributed by atoms with E-state index >= 15 is 0 Å². The Labute approximate surface area is 644 Å². The maximum Gasteiger partial charge on any atom is 1.00 e. The maximum atomic E-state index is 12.5. The van der Waals surface area contributed by atoms with Crippen LogP contribution < -0.4 is 51.8 Å². The van der Waals surface area contributed by atoms with Crippen LogP contribution in [0.5, 0.6) is 0 Å². The minimum Gasteiger partial charge on any atom is -1.00 e. The molecule has 9 rings (SSSR count). The van der Waals surface area contributed by atoms with E-state index in [1.54, 1.807) is 18.9 Å². The van der Waals surface area contributed by atoms with Gasteiger partial charge in [0.05, 0.1) is 36.9 Å². The molecule has 2 fully saturated rings. The fraction of sp³-hybridized carbons (Fsp3) is 0.435. The van der Waals surface area contributed by atoms with Gasteiger partial charge in [0.15, 0.2) is 6.23 Å². The van der Waals surface area contributed by atoms with Crippen LogP contribution in [-0.4, -0.2) is 105 Å². The molecule has 7 aromatic carbocycles. The molecule has 0 unspecified atom stereocenters. The summed E-state index contributed by atoms with van der Waals surface area (Å²) in [5.74, 6) is -0.962. The van der Waals surface area contributed by atoms with Crippen molar-refractivity contribution in [1.29, 1.82) is 0 Å². The van der Waals surface area contributed by atoms with Gasteiger partial charge in [-0.15, -0.1) is 0 Å². The van der Waals surface area contributed by atoms with Gasteiger partial charge in [-0.3, -0.25) is 14.6 Å². The third kappa shape index (κ3) is 33.0. The number of ether oxygens (including phenoxy) is 5. The Morgan fingerprint density at radius 2 is 0.981 bits per heavy atom. The van der Waals surface area contributed by atoms with E-state index in [1.807, 2.05) is 81.4 Å². The van der Waals surface area contributed by atoms with E-state index < -0.39 is 59.6 Å². The van der Waals surface area contributed by atoms with Crippen LogP contribution in [-0.2, 0) is 53.7 Å². The van der Waals surface area contributed by atoms with E-state index in [9.17, 15) is 27.6 Å². The predicted molar refractivity (Wildman–Crippen MR) is 414 cm³/mol. The van der Waals surface area contributed by atoms with E-state index in [4.69, 9.17) is 33.9 Å². The summed E-state index contributed by atoms with van der Waals surface area (Å²) >= 11 is 0.